The lowest BCUT2D eigenvalue weighted by Gasteiger charge is -1.99. The fourth-order valence-corrected chi connectivity index (χ4v) is 0.868. The van der Waals surface area contributed by atoms with Gasteiger partial charge < -0.3 is 4.74 Å². The Morgan fingerprint density at radius 1 is 1.54 bits per heavy atom. The second-order valence-electron chi connectivity index (χ2n) is 2.13. The Morgan fingerprint density at radius 2 is 2.23 bits per heavy atom. The average molecular weight is 200 g/mol. The van der Waals surface area contributed by atoms with Crippen LogP contribution < -0.4 is 4.74 Å². The highest BCUT2D eigenvalue weighted by molar-refractivity contribution is 6.61. The van der Waals surface area contributed by atoms with Gasteiger partial charge in [-0.1, -0.05) is 0 Å². The molecule has 0 aliphatic carbocycles. The molecule has 0 radical (unpaired) electrons. The molecule has 0 saturated heterocycles. The molecule has 0 aliphatic heterocycles. The lowest BCUT2D eigenvalue weighted by Crippen LogP contribution is -1.96. The van der Waals surface area contributed by atoms with Gasteiger partial charge in [0, 0.05) is 17.7 Å². The molecule has 0 heterocycles. The smallest absolute Gasteiger partial charge is 0.409 e. The van der Waals surface area contributed by atoms with E-state index in [0.717, 1.165) is 12.1 Å². The van der Waals surface area contributed by atoms with Crippen LogP contribution in [0.15, 0.2) is 18.2 Å². The molecular formula is C8H3ClFNO2. The van der Waals surface area contributed by atoms with Crippen molar-refractivity contribution in [3.63, 3.8) is 0 Å². The molecule has 0 unspecified atom stereocenters. The van der Waals surface area contributed by atoms with E-state index in [-0.39, 0.29) is 11.3 Å². The molecule has 3 nitrogen and oxygen atoms in total. The normalized spacial score (nSPS) is 9.00. The van der Waals surface area contributed by atoms with Crippen LogP contribution in [0.4, 0.5) is 9.18 Å². The van der Waals surface area contributed by atoms with Gasteiger partial charge in [0.05, 0.1) is 11.6 Å². The van der Waals surface area contributed by atoms with E-state index < -0.39 is 11.2 Å². The minimum absolute atomic E-state index is 0.0629. The second-order valence-corrected chi connectivity index (χ2v) is 2.44. The molecule has 1 aromatic carbocycles. The highest BCUT2D eigenvalue weighted by Gasteiger charge is 2.04. The Morgan fingerprint density at radius 3 is 2.77 bits per heavy atom. The van der Waals surface area contributed by atoms with Gasteiger partial charge in [0.2, 0.25) is 0 Å². The van der Waals surface area contributed by atoms with Gasteiger partial charge in [0.25, 0.3) is 0 Å². The van der Waals surface area contributed by atoms with Crippen molar-refractivity contribution in [2.45, 2.75) is 0 Å². The molecule has 1 aromatic rings. The zero-order chi connectivity index (χ0) is 9.84. The Labute approximate surface area is 78.3 Å². The summed E-state index contributed by atoms with van der Waals surface area (Å²) in [4.78, 5) is 10.3. The Balaban J connectivity index is 3.03. The number of hydrogen-bond acceptors (Lipinski definition) is 3. The van der Waals surface area contributed by atoms with Crippen LogP contribution in [0.1, 0.15) is 5.56 Å². The zero-order valence-electron chi connectivity index (χ0n) is 6.25. The predicted octanol–water partition coefficient (Wildman–Crippen LogP) is 2.43. The molecule has 0 aromatic heterocycles. The summed E-state index contributed by atoms with van der Waals surface area (Å²) >= 11 is 4.89. The van der Waals surface area contributed by atoms with Gasteiger partial charge in [0.1, 0.15) is 11.6 Å². The molecule has 0 fully saturated rings. The summed E-state index contributed by atoms with van der Waals surface area (Å²) in [6.07, 6.45) is 0. The van der Waals surface area contributed by atoms with Crippen LogP contribution in [0, 0.1) is 17.1 Å². The van der Waals surface area contributed by atoms with Crippen molar-refractivity contribution in [3.8, 4) is 11.8 Å². The highest BCUT2D eigenvalue weighted by Crippen LogP contribution is 2.16. The van der Waals surface area contributed by atoms with Gasteiger partial charge in [-0.15, -0.1) is 0 Å². The molecular weight excluding hydrogens is 197 g/mol. The number of halogens is 2. The molecule has 13 heavy (non-hydrogen) atoms. The number of ether oxygens (including phenoxy) is 1. The van der Waals surface area contributed by atoms with E-state index in [0.29, 0.717) is 0 Å². The SMILES string of the molecule is N#Cc1cc(F)cc(OC(=O)Cl)c1. The number of hydrogen-bond donors (Lipinski definition) is 0. The number of nitriles is 1. The third kappa shape index (κ3) is 2.73. The largest absolute Gasteiger partial charge is 0.414 e. The van der Waals surface area contributed by atoms with Crippen molar-refractivity contribution < 1.29 is 13.9 Å². The molecule has 0 saturated carbocycles. The summed E-state index contributed by atoms with van der Waals surface area (Å²) in [6, 6.07) is 4.90. The summed E-state index contributed by atoms with van der Waals surface area (Å²) < 4.78 is 17.1. The van der Waals surface area contributed by atoms with E-state index in [1.54, 1.807) is 6.07 Å². The van der Waals surface area contributed by atoms with Crippen LogP contribution in [0.5, 0.6) is 5.75 Å². The summed E-state index contributed by atoms with van der Waals surface area (Å²) in [5.41, 5.74) is -1.01. The molecule has 0 amide bonds. The Bertz CT molecular complexity index is 386. The Kier molecular flexibility index (Phi) is 2.83. The van der Waals surface area contributed by atoms with Gasteiger partial charge >= 0.3 is 5.43 Å². The van der Waals surface area contributed by atoms with Crippen LogP contribution in [-0.4, -0.2) is 5.43 Å². The predicted molar refractivity (Wildman–Crippen MR) is 43.0 cm³/mol. The van der Waals surface area contributed by atoms with E-state index >= 15 is 0 Å². The van der Waals surface area contributed by atoms with Gasteiger partial charge in [-0.3, -0.25) is 0 Å². The van der Waals surface area contributed by atoms with Gasteiger partial charge in [-0.2, -0.15) is 5.26 Å². The minimum atomic E-state index is -1.07. The van der Waals surface area contributed by atoms with Crippen LogP contribution in [0.3, 0.4) is 0 Å². The number of benzene rings is 1. The van der Waals surface area contributed by atoms with Crippen molar-refractivity contribution in [2.75, 3.05) is 0 Å². The fraction of sp³-hybridized carbons (Fsp3) is 0. The minimum Gasteiger partial charge on any atom is -0.414 e. The molecule has 1 rings (SSSR count). The summed E-state index contributed by atoms with van der Waals surface area (Å²) in [7, 11) is 0. The number of rotatable bonds is 1. The first-order valence-electron chi connectivity index (χ1n) is 3.20. The summed E-state index contributed by atoms with van der Waals surface area (Å²) in [6.45, 7) is 0. The van der Waals surface area contributed by atoms with Crippen LogP contribution >= 0.6 is 11.6 Å². The van der Waals surface area contributed by atoms with Crippen molar-refractivity contribution in [1.29, 1.82) is 5.26 Å². The van der Waals surface area contributed by atoms with Crippen molar-refractivity contribution in [1.82, 2.24) is 0 Å². The highest BCUT2D eigenvalue weighted by atomic mass is 35.5. The lowest BCUT2D eigenvalue weighted by atomic mass is 10.2. The third-order valence-corrected chi connectivity index (χ3v) is 1.28. The number of carbonyl (C=O) groups is 1. The Hall–Kier alpha value is -1.60. The van der Waals surface area contributed by atoms with Gasteiger partial charge in [-0.25, -0.2) is 9.18 Å². The average Bonchev–Trinajstić information content (AvgIpc) is 2.01. The van der Waals surface area contributed by atoms with E-state index in [9.17, 15) is 9.18 Å². The molecule has 0 aliphatic rings. The first-order valence-corrected chi connectivity index (χ1v) is 3.57. The van der Waals surface area contributed by atoms with Crippen LogP contribution in [0.25, 0.3) is 0 Å². The van der Waals surface area contributed by atoms with Crippen molar-refractivity contribution in [2.24, 2.45) is 0 Å². The van der Waals surface area contributed by atoms with E-state index in [2.05, 4.69) is 4.74 Å². The number of carbonyl (C=O) groups excluding carboxylic acids is 1. The third-order valence-electron chi connectivity index (χ3n) is 1.20. The summed E-state index contributed by atoms with van der Waals surface area (Å²) in [5, 5.41) is 8.43. The summed E-state index contributed by atoms with van der Waals surface area (Å²) in [5.74, 6) is -0.747. The topological polar surface area (TPSA) is 50.1 Å². The van der Waals surface area contributed by atoms with Crippen LogP contribution in [-0.2, 0) is 0 Å². The first-order chi connectivity index (χ1) is 6.11. The maximum Gasteiger partial charge on any atom is 0.409 e. The van der Waals surface area contributed by atoms with Crippen molar-refractivity contribution in [3.05, 3.63) is 29.6 Å². The van der Waals surface area contributed by atoms with Gasteiger partial charge in [0.15, 0.2) is 0 Å². The number of nitrogens with zero attached hydrogens (tertiary/aromatic N) is 1. The quantitative estimate of drug-likeness (QED) is 0.653. The molecule has 0 atom stereocenters. The monoisotopic (exact) mass is 199 g/mol. The maximum absolute atomic E-state index is 12.7. The zero-order valence-corrected chi connectivity index (χ0v) is 7.01. The lowest BCUT2D eigenvalue weighted by molar-refractivity contribution is 0.225. The molecule has 66 valence electrons. The fourth-order valence-electron chi connectivity index (χ4n) is 0.779. The molecule has 5 heteroatoms. The van der Waals surface area contributed by atoms with E-state index in [1.165, 1.54) is 6.07 Å². The van der Waals surface area contributed by atoms with E-state index in [4.69, 9.17) is 16.9 Å². The van der Waals surface area contributed by atoms with Crippen molar-refractivity contribution >= 4 is 17.0 Å². The maximum atomic E-state index is 12.7. The van der Waals surface area contributed by atoms with Crippen LogP contribution in [0.2, 0.25) is 0 Å². The first kappa shape index (κ1) is 9.49. The molecule has 0 spiro atoms. The second kappa shape index (κ2) is 3.87. The molecule has 0 N–H and O–H groups in total. The molecule has 0 bridgehead atoms. The van der Waals surface area contributed by atoms with Gasteiger partial charge in [-0.05, 0) is 12.1 Å². The standard InChI is InChI=1S/C8H3ClFNO2/c9-8(12)13-7-2-5(4-11)1-6(10)3-7/h1-3H. The van der Waals surface area contributed by atoms with E-state index in [1.807, 2.05) is 0 Å².